The second kappa shape index (κ2) is 10.5. The smallest absolute Gasteiger partial charge is 0.141 e. The van der Waals surface area contributed by atoms with Gasteiger partial charge in [-0.25, -0.2) is 4.39 Å². The molecule has 1 heterocycles. The summed E-state index contributed by atoms with van der Waals surface area (Å²) in [6, 6.07) is 14.9. The minimum Gasteiger partial charge on any atom is -0.299 e. The van der Waals surface area contributed by atoms with E-state index < -0.39 is 0 Å². The summed E-state index contributed by atoms with van der Waals surface area (Å²) in [7, 11) is 0. The maximum atomic E-state index is 13.5. The Morgan fingerprint density at radius 1 is 1.00 bits per heavy atom. The maximum absolute atomic E-state index is 13.5. The number of hydrogen-bond donors (Lipinski definition) is 0. The van der Waals surface area contributed by atoms with Gasteiger partial charge in [0.15, 0.2) is 0 Å². The second-order valence-corrected chi connectivity index (χ2v) is 9.89. The number of carbonyl (C=O) groups is 1. The molecule has 2 aromatic carbocycles. The Kier molecular flexibility index (Phi) is 6.99. The molecule has 3 heteroatoms. The lowest BCUT2D eigenvalue weighted by atomic mass is 9.73. The van der Waals surface area contributed by atoms with Crippen LogP contribution in [0.15, 0.2) is 89.1 Å². The molecule has 2 atom stereocenters. The lowest BCUT2D eigenvalue weighted by Crippen LogP contribution is -2.24. The van der Waals surface area contributed by atoms with Crippen molar-refractivity contribution < 1.29 is 13.5 Å². The number of nitrogens with zero attached hydrogens (tertiary/aromatic N) is 1. The van der Waals surface area contributed by atoms with Crippen LogP contribution in [0.1, 0.15) is 71.8 Å². The zero-order valence-electron chi connectivity index (χ0n) is 19.7. The largest absolute Gasteiger partial charge is 0.299 e. The van der Waals surface area contributed by atoms with Crippen LogP contribution >= 0.6 is 0 Å². The molecule has 0 aromatic heterocycles. The fourth-order valence-electron chi connectivity index (χ4n) is 5.78. The molecule has 1 fully saturated rings. The van der Waals surface area contributed by atoms with Crippen molar-refractivity contribution in [3.63, 3.8) is 0 Å². The molecule has 34 heavy (non-hydrogen) atoms. The van der Waals surface area contributed by atoms with Gasteiger partial charge >= 0.3 is 0 Å². The average molecular weight is 460 g/mol. The van der Waals surface area contributed by atoms with E-state index >= 15 is 0 Å². The molecule has 2 aromatic rings. The third-order valence-electron chi connectivity index (χ3n) is 7.41. The van der Waals surface area contributed by atoms with Crippen LogP contribution in [0.4, 0.5) is 4.39 Å². The topological polar surface area (TPSA) is 29.4 Å². The third kappa shape index (κ3) is 5.35. The fraction of sp³-hybridized carbons (Fsp3) is 0.355. The number of carbonyl (C=O) groups excluding carboxylic acids is 1. The van der Waals surface area contributed by atoms with Crippen LogP contribution in [0, 0.1) is 11.7 Å². The highest BCUT2D eigenvalue weighted by atomic mass is 19.1. The average Bonchev–Trinajstić information content (AvgIpc) is 3.07. The van der Waals surface area contributed by atoms with Crippen molar-refractivity contribution in [1.82, 2.24) is 0 Å². The summed E-state index contributed by atoms with van der Waals surface area (Å²) in [5.41, 5.74) is 7.33. The summed E-state index contributed by atoms with van der Waals surface area (Å²) in [6.45, 7) is 0. The van der Waals surface area contributed by atoms with Gasteiger partial charge in [-0.3, -0.25) is 9.79 Å². The van der Waals surface area contributed by atoms with E-state index in [1.165, 1.54) is 53.8 Å². The van der Waals surface area contributed by atoms with Gasteiger partial charge in [-0.1, -0.05) is 66.6 Å². The van der Waals surface area contributed by atoms with Crippen LogP contribution in [0.2, 0.25) is 0 Å². The first-order valence-corrected chi connectivity index (χ1v) is 12.6. The molecule has 0 amide bonds. The lowest BCUT2D eigenvalue weighted by molar-refractivity contribution is -0.117. The van der Waals surface area contributed by atoms with Gasteiger partial charge < -0.3 is 0 Å². The summed E-state index contributed by atoms with van der Waals surface area (Å²) in [5, 5.41) is 0. The van der Waals surface area contributed by atoms with Crippen LogP contribution in [0.3, 0.4) is 0 Å². The Morgan fingerprint density at radius 3 is 2.65 bits per heavy atom. The first-order valence-electron chi connectivity index (χ1n) is 12.6. The van der Waals surface area contributed by atoms with E-state index in [2.05, 4.69) is 36.4 Å². The molecule has 2 aliphatic carbocycles. The molecular formula is C31H38FNO. The van der Waals surface area contributed by atoms with Crippen LogP contribution in [-0.4, -0.2) is 11.5 Å². The molecule has 2 unspecified atom stereocenters. The van der Waals surface area contributed by atoms with E-state index in [4.69, 9.17) is 4.99 Å². The zero-order chi connectivity index (χ0) is 23.3. The molecule has 1 aliphatic heterocycles. The van der Waals surface area contributed by atoms with Gasteiger partial charge in [0.25, 0.3) is 0 Å². The van der Waals surface area contributed by atoms with Crippen molar-refractivity contribution in [2.24, 2.45) is 10.9 Å². The second-order valence-electron chi connectivity index (χ2n) is 9.89. The molecule has 3 aliphatic rings. The van der Waals surface area contributed by atoms with Crippen LogP contribution in [0.25, 0.3) is 0 Å². The predicted molar refractivity (Wildman–Crippen MR) is 143 cm³/mol. The van der Waals surface area contributed by atoms with E-state index in [0.717, 1.165) is 36.8 Å². The van der Waals surface area contributed by atoms with Gasteiger partial charge in [-0.15, -0.1) is 0 Å². The Bertz CT molecular complexity index is 1200. The monoisotopic (exact) mass is 459 g/mol. The summed E-state index contributed by atoms with van der Waals surface area (Å²) in [4.78, 5) is 17.6. The highest BCUT2D eigenvalue weighted by Gasteiger charge is 2.29. The number of rotatable bonds is 6. The van der Waals surface area contributed by atoms with Crippen molar-refractivity contribution in [3.8, 4) is 0 Å². The predicted octanol–water partition coefficient (Wildman–Crippen LogP) is 8.20. The van der Waals surface area contributed by atoms with E-state index in [9.17, 15) is 9.18 Å². The van der Waals surface area contributed by atoms with Crippen LogP contribution in [0.5, 0.6) is 0 Å². The maximum Gasteiger partial charge on any atom is 0.141 e. The van der Waals surface area contributed by atoms with Crippen LogP contribution in [-0.2, 0) is 17.6 Å². The number of benzene rings is 2. The van der Waals surface area contributed by atoms with Gasteiger partial charge in [0.1, 0.15) is 11.6 Å². The number of halogens is 1. The van der Waals surface area contributed by atoms with Crippen molar-refractivity contribution in [1.29, 1.82) is 0 Å². The molecule has 0 bridgehead atoms. The molecular weight excluding hydrogens is 421 g/mol. The normalized spacial score (nSPS) is 22.2. The van der Waals surface area contributed by atoms with E-state index in [0.29, 0.717) is 18.3 Å². The lowest BCUT2D eigenvalue weighted by Gasteiger charge is -2.32. The minimum atomic E-state index is -0.292. The van der Waals surface area contributed by atoms with Gasteiger partial charge in [-0.2, -0.15) is 0 Å². The van der Waals surface area contributed by atoms with Gasteiger partial charge in [0.05, 0.1) is 5.71 Å². The molecule has 0 saturated heterocycles. The summed E-state index contributed by atoms with van der Waals surface area (Å²) in [6.07, 6.45) is 17.5. The first-order chi connectivity index (χ1) is 16.7. The minimum absolute atomic E-state index is 0. The number of hydrogen-bond acceptors (Lipinski definition) is 2. The number of Topliss-reactive ketones (excluding diaryl/α,β-unsaturated/α-hetero) is 1. The standard InChI is InChI=1S/C31H32FNO.3H2/c32-28-14-4-8-23(18-28)20-29(34)19-22-7-3-10-25(17-22)26-11-5-12-27(21-26)31-30-15-2-1-9-24(30)13-6-16-33-31;;;/h2-4,6-8,10,14-18,26-27H,1,5,9,11-13,19-21H2;3*1H. The van der Waals surface area contributed by atoms with Gasteiger partial charge in [0.2, 0.25) is 0 Å². The van der Waals surface area contributed by atoms with Crippen molar-refractivity contribution in [3.05, 3.63) is 107 Å². The Morgan fingerprint density at radius 2 is 1.79 bits per heavy atom. The highest BCUT2D eigenvalue weighted by molar-refractivity contribution is 6.05. The van der Waals surface area contributed by atoms with Crippen molar-refractivity contribution in [2.75, 3.05) is 0 Å². The Balaban J connectivity index is 0.00000160. The van der Waals surface area contributed by atoms with E-state index in [1.807, 2.05) is 18.3 Å². The molecule has 0 spiro atoms. The summed E-state index contributed by atoms with van der Waals surface area (Å²) >= 11 is 0. The van der Waals surface area contributed by atoms with Gasteiger partial charge in [-0.05, 0) is 78.8 Å². The third-order valence-corrected chi connectivity index (χ3v) is 7.41. The zero-order valence-corrected chi connectivity index (χ0v) is 19.7. The summed E-state index contributed by atoms with van der Waals surface area (Å²) < 4.78 is 13.5. The molecule has 0 N–H and O–H groups in total. The molecule has 1 saturated carbocycles. The SMILES string of the molecule is O=C(Cc1cccc(F)c1)Cc1cccc(C2CCCC(C3=NC=CCC4=C3C=CCC4)C2)c1.[HH].[HH].[HH]. The van der Waals surface area contributed by atoms with Gasteiger partial charge in [0, 0.05) is 29.2 Å². The van der Waals surface area contributed by atoms with E-state index in [1.54, 1.807) is 6.07 Å². The number of allylic oxidation sites excluding steroid dienone is 5. The molecule has 2 nitrogen and oxygen atoms in total. The Labute approximate surface area is 206 Å². The quantitative estimate of drug-likeness (QED) is 0.428. The van der Waals surface area contributed by atoms with E-state index in [-0.39, 0.29) is 22.3 Å². The highest BCUT2D eigenvalue weighted by Crippen LogP contribution is 2.40. The first kappa shape index (κ1) is 22.7. The van der Waals surface area contributed by atoms with Crippen molar-refractivity contribution >= 4 is 11.5 Å². The number of ketones is 1. The molecule has 180 valence electrons. The molecule has 0 radical (unpaired) electrons. The Hall–Kier alpha value is -3.07. The summed E-state index contributed by atoms with van der Waals surface area (Å²) in [5.74, 6) is 0.794. The molecule has 5 rings (SSSR count). The van der Waals surface area contributed by atoms with Crippen LogP contribution < -0.4 is 0 Å². The van der Waals surface area contributed by atoms with Crippen molar-refractivity contribution in [2.45, 2.75) is 63.7 Å². The fourth-order valence-corrected chi connectivity index (χ4v) is 5.78. The number of aliphatic imine (C=N–C) groups is 1.